The molecule has 6 heteroatoms. The lowest BCUT2D eigenvalue weighted by Crippen LogP contribution is -2.47. The van der Waals surface area contributed by atoms with Gasteiger partial charge in [0, 0.05) is 26.7 Å². The maximum absolute atomic E-state index is 12.2. The molecule has 116 valence electrons. The lowest BCUT2D eigenvalue weighted by atomic mass is 10.1. The standard InChI is InChI=1S/C14H26N2O4/c1-3-4-5-8-15(2)14(19)16-9-6-12(7-10-16)20-11-13(17)18/h12H,3-11H2,1-2H3,(H,17,18). The molecule has 0 atom stereocenters. The van der Waals surface area contributed by atoms with Crippen molar-refractivity contribution in [1.29, 1.82) is 0 Å². The number of carboxylic acids is 1. The molecule has 0 saturated carbocycles. The molecule has 0 aromatic heterocycles. The summed E-state index contributed by atoms with van der Waals surface area (Å²) in [6, 6.07) is 0.0674. The fourth-order valence-electron chi connectivity index (χ4n) is 2.34. The van der Waals surface area contributed by atoms with Crippen molar-refractivity contribution in [3.63, 3.8) is 0 Å². The number of unbranched alkanes of at least 4 members (excludes halogenated alkanes) is 2. The molecule has 1 N–H and O–H groups in total. The number of carbonyl (C=O) groups is 2. The van der Waals surface area contributed by atoms with E-state index in [0.717, 1.165) is 25.8 Å². The van der Waals surface area contributed by atoms with Crippen LogP contribution in [0.1, 0.15) is 39.0 Å². The van der Waals surface area contributed by atoms with Crippen molar-refractivity contribution in [1.82, 2.24) is 9.80 Å². The van der Waals surface area contributed by atoms with Crippen molar-refractivity contribution in [3.05, 3.63) is 0 Å². The van der Waals surface area contributed by atoms with E-state index in [1.807, 2.05) is 11.9 Å². The number of rotatable bonds is 7. The van der Waals surface area contributed by atoms with Gasteiger partial charge in [0.05, 0.1) is 6.10 Å². The van der Waals surface area contributed by atoms with Crippen LogP contribution in [0.2, 0.25) is 0 Å². The molecule has 0 radical (unpaired) electrons. The second kappa shape index (κ2) is 8.79. The highest BCUT2D eigenvalue weighted by Gasteiger charge is 2.25. The first-order valence-electron chi connectivity index (χ1n) is 7.38. The number of amides is 2. The summed E-state index contributed by atoms with van der Waals surface area (Å²) in [5, 5.41) is 8.56. The zero-order valence-electron chi connectivity index (χ0n) is 12.5. The van der Waals surface area contributed by atoms with Crippen LogP contribution in [0.4, 0.5) is 4.79 Å². The number of hydrogen-bond acceptors (Lipinski definition) is 3. The molecule has 0 unspecified atom stereocenters. The molecule has 1 aliphatic heterocycles. The van der Waals surface area contributed by atoms with Gasteiger partial charge in [0.15, 0.2) is 0 Å². The summed E-state index contributed by atoms with van der Waals surface area (Å²) < 4.78 is 5.26. The van der Waals surface area contributed by atoms with Crippen LogP contribution < -0.4 is 0 Å². The van der Waals surface area contributed by atoms with Crippen molar-refractivity contribution in [3.8, 4) is 0 Å². The van der Waals surface area contributed by atoms with Gasteiger partial charge in [0.25, 0.3) is 0 Å². The number of aliphatic carboxylic acids is 1. The second-order valence-electron chi connectivity index (χ2n) is 5.30. The quantitative estimate of drug-likeness (QED) is 0.724. The van der Waals surface area contributed by atoms with Crippen molar-refractivity contribution in [2.24, 2.45) is 0 Å². The van der Waals surface area contributed by atoms with E-state index < -0.39 is 5.97 Å². The van der Waals surface area contributed by atoms with E-state index in [-0.39, 0.29) is 18.7 Å². The SMILES string of the molecule is CCCCCN(C)C(=O)N1CCC(OCC(=O)O)CC1. The Bertz CT molecular complexity index is 314. The fraction of sp³-hybridized carbons (Fsp3) is 0.857. The number of likely N-dealkylation sites (tertiary alicyclic amines) is 1. The topological polar surface area (TPSA) is 70.1 Å². The molecule has 1 saturated heterocycles. The van der Waals surface area contributed by atoms with Crippen LogP contribution in [0.3, 0.4) is 0 Å². The number of urea groups is 1. The lowest BCUT2D eigenvalue weighted by Gasteiger charge is -2.34. The van der Waals surface area contributed by atoms with E-state index in [0.29, 0.717) is 25.9 Å². The number of nitrogens with zero attached hydrogens (tertiary/aromatic N) is 2. The van der Waals surface area contributed by atoms with Crippen LogP contribution in [0, 0.1) is 0 Å². The van der Waals surface area contributed by atoms with E-state index in [4.69, 9.17) is 9.84 Å². The van der Waals surface area contributed by atoms with E-state index >= 15 is 0 Å². The zero-order chi connectivity index (χ0) is 15.0. The predicted octanol–water partition coefficient (Wildman–Crippen LogP) is 1.79. The third-order valence-electron chi connectivity index (χ3n) is 3.58. The fourth-order valence-corrected chi connectivity index (χ4v) is 2.34. The monoisotopic (exact) mass is 286 g/mol. The molecule has 0 bridgehead atoms. The smallest absolute Gasteiger partial charge is 0.329 e. The van der Waals surface area contributed by atoms with E-state index in [1.165, 1.54) is 0 Å². The third-order valence-corrected chi connectivity index (χ3v) is 3.58. The van der Waals surface area contributed by atoms with Crippen molar-refractivity contribution >= 4 is 12.0 Å². The molecule has 1 rings (SSSR count). The summed E-state index contributed by atoms with van der Waals surface area (Å²) in [6.45, 7) is 3.96. The van der Waals surface area contributed by atoms with Gasteiger partial charge >= 0.3 is 12.0 Å². The minimum absolute atomic E-state index is 0.0412. The Morgan fingerprint density at radius 3 is 2.50 bits per heavy atom. The Morgan fingerprint density at radius 1 is 1.30 bits per heavy atom. The largest absolute Gasteiger partial charge is 0.480 e. The molecule has 1 fully saturated rings. The Kier molecular flexibility index (Phi) is 7.36. The summed E-state index contributed by atoms with van der Waals surface area (Å²) in [7, 11) is 1.84. The molecule has 0 aliphatic carbocycles. The van der Waals surface area contributed by atoms with Gasteiger partial charge < -0.3 is 19.6 Å². The van der Waals surface area contributed by atoms with Gasteiger partial charge in [-0.2, -0.15) is 0 Å². The maximum Gasteiger partial charge on any atom is 0.329 e. The molecule has 0 spiro atoms. The third kappa shape index (κ3) is 5.77. The van der Waals surface area contributed by atoms with Gasteiger partial charge in [0.2, 0.25) is 0 Å². The highest BCUT2D eigenvalue weighted by atomic mass is 16.5. The average molecular weight is 286 g/mol. The van der Waals surface area contributed by atoms with Gasteiger partial charge in [-0.05, 0) is 19.3 Å². The van der Waals surface area contributed by atoms with Crippen LogP contribution in [0.5, 0.6) is 0 Å². The van der Waals surface area contributed by atoms with E-state index in [2.05, 4.69) is 6.92 Å². The molecule has 2 amide bonds. The summed E-state index contributed by atoms with van der Waals surface area (Å²) in [6.07, 6.45) is 4.71. The van der Waals surface area contributed by atoms with Gasteiger partial charge in [0.1, 0.15) is 6.61 Å². The number of carbonyl (C=O) groups excluding carboxylic acids is 1. The van der Waals surface area contributed by atoms with E-state index in [9.17, 15) is 9.59 Å². The average Bonchev–Trinajstić information content (AvgIpc) is 2.45. The minimum Gasteiger partial charge on any atom is -0.480 e. The Hall–Kier alpha value is -1.30. The molecule has 0 aromatic carbocycles. The van der Waals surface area contributed by atoms with Crippen LogP contribution in [0.15, 0.2) is 0 Å². The number of carboxylic acid groups (broad SMARTS) is 1. The van der Waals surface area contributed by atoms with Crippen LogP contribution >= 0.6 is 0 Å². The normalized spacial score (nSPS) is 16.2. The van der Waals surface area contributed by atoms with Gasteiger partial charge in [-0.3, -0.25) is 0 Å². The number of piperidine rings is 1. The number of hydrogen-bond donors (Lipinski definition) is 1. The second-order valence-corrected chi connectivity index (χ2v) is 5.30. The lowest BCUT2D eigenvalue weighted by molar-refractivity contribution is -0.145. The zero-order valence-corrected chi connectivity index (χ0v) is 12.5. The minimum atomic E-state index is -0.945. The van der Waals surface area contributed by atoms with Crippen LogP contribution in [0.25, 0.3) is 0 Å². The molecule has 20 heavy (non-hydrogen) atoms. The van der Waals surface area contributed by atoms with Crippen molar-refractivity contribution < 1.29 is 19.4 Å². The number of ether oxygens (including phenoxy) is 1. The van der Waals surface area contributed by atoms with Crippen molar-refractivity contribution in [2.45, 2.75) is 45.1 Å². The molecule has 6 nitrogen and oxygen atoms in total. The molecule has 1 heterocycles. The van der Waals surface area contributed by atoms with Gasteiger partial charge in [-0.1, -0.05) is 19.8 Å². The van der Waals surface area contributed by atoms with Gasteiger partial charge in [-0.15, -0.1) is 0 Å². The maximum atomic E-state index is 12.2. The summed E-state index contributed by atoms with van der Waals surface area (Å²) in [5.74, 6) is -0.945. The molecular weight excluding hydrogens is 260 g/mol. The first-order valence-corrected chi connectivity index (χ1v) is 7.38. The summed E-state index contributed by atoms with van der Waals surface area (Å²) >= 11 is 0. The Morgan fingerprint density at radius 2 is 1.95 bits per heavy atom. The van der Waals surface area contributed by atoms with E-state index in [1.54, 1.807) is 4.90 Å². The molecule has 0 aromatic rings. The summed E-state index contributed by atoms with van der Waals surface area (Å²) in [5.41, 5.74) is 0. The highest BCUT2D eigenvalue weighted by Crippen LogP contribution is 2.15. The first kappa shape index (κ1) is 16.8. The Labute approximate surface area is 120 Å². The predicted molar refractivity (Wildman–Crippen MR) is 75.7 cm³/mol. The van der Waals surface area contributed by atoms with Gasteiger partial charge in [-0.25, -0.2) is 9.59 Å². The van der Waals surface area contributed by atoms with Crippen LogP contribution in [-0.2, 0) is 9.53 Å². The van der Waals surface area contributed by atoms with Crippen molar-refractivity contribution in [2.75, 3.05) is 33.3 Å². The summed E-state index contributed by atoms with van der Waals surface area (Å²) in [4.78, 5) is 26.2. The molecular formula is C14H26N2O4. The first-order chi connectivity index (χ1) is 9.54. The highest BCUT2D eigenvalue weighted by molar-refractivity contribution is 5.74. The molecule has 1 aliphatic rings. The Balaban J connectivity index is 2.26. The van der Waals surface area contributed by atoms with Crippen LogP contribution in [-0.4, -0.2) is 66.3 Å².